The van der Waals surface area contributed by atoms with Gasteiger partial charge in [-0.2, -0.15) is 0 Å². The summed E-state index contributed by atoms with van der Waals surface area (Å²) in [5.74, 6) is 0.0230. The minimum absolute atomic E-state index is 0.0230. The molecule has 2 aromatic carbocycles. The fourth-order valence-electron chi connectivity index (χ4n) is 3.05. The highest BCUT2D eigenvalue weighted by atomic mass is 16.1. The number of benzene rings is 2. The molecule has 0 radical (unpaired) electrons. The second-order valence-electron chi connectivity index (χ2n) is 7.23. The molecule has 2 rings (SSSR count). The lowest BCUT2D eigenvalue weighted by molar-refractivity contribution is -0.120. The normalized spacial score (nSPS) is 11.9. The van der Waals surface area contributed by atoms with E-state index in [4.69, 9.17) is 5.73 Å². The molecular formula is C25H32N2O. The standard InChI is InChI=1S/C25H32N2O/c1-4-24(14-8-19(2)3)27-25(28)15-11-21-10-13-22-17-20(7-5-6-16-26)9-12-23(22)18-21/h4,8-10,12-14,17-18H,2,5-7,11,15-16,26H2,1,3H3,(H,27,28)/b14-8-,24-4+. The first-order valence-corrected chi connectivity index (χ1v) is 10.0. The van der Waals surface area contributed by atoms with E-state index in [9.17, 15) is 4.79 Å². The minimum Gasteiger partial charge on any atom is -0.330 e. The number of aryl methyl sites for hydroxylation is 2. The number of rotatable bonds is 10. The van der Waals surface area contributed by atoms with Gasteiger partial charge in [-0.15, -0.1) is 0 Å². The van der Waals surface area contributed by atoms with Gasteiger partial charge in [0, 0.05) is 12.1 Å². The van der Waals surface area contributed by atoms with E-state index in [0.29, 0.717) is 6.42 Å². The van der Waals surface area contributed by atoms with Crippen LogP contribution >= 0.6 is 0 Å². The van der Waals surface area contributed by atoms with Crippen LogP contribution < -0.4 is 11.1 Å². The molecule has 28 heavy (non-hydrogen) atoms. The maximum absolute atomic E-state index is 12.2. The first-order valence-electron chi connectivity index (χ1n) is 10.0. The summed E-state index contributed by atoms with van der Waals surface area (Å²) in [6.45, 7) is 8.42. The van der Waals surface area contributed by atoms with Crippen LogP contribution in [0.3, 0.4) is 0 Å². The maximum Gasteiger partial charge on any atom is 0.224 e. The van der Waals surface area contributed by atoms with E-state index in [1.54, 1.807) is 0 Å². The number of nitrogens with two attached hydrogens (primary N) is 1. The average Bonchev–Trinajstić information content (AvgIpc) is 2.69. The van der Waals surface area contributed by atoms with Crippen LogP contribution in [0.25, 0.3) is 10.8 Å². The highest BCUT2D eigenvalue weighted by molar-refractivity contribution is 5.84. The number of fused-ring (bicyclic) bond motifs is 1. The monoisotopic (exact) mass is 376 g/mol. The number of carbonyl (C=O) groups excluding carboxylic acids is 1. The van der Waals surface area contributed by atoms with Crippen molar-refractivity contribution in [2.45, 2.75) is 46.0 Å². The van der Waals surface area contributed by atoms with Gasteiger partial charge in [-0.1, -0.05) is 60.7 Å². The van der Waals surface area contributed by atoms with Crippen LogP contribution in [0, 0.1) is 0 Å². The van der Waals surface area contributed by atoms with E-state index in [1.165, 1.54) is 21.9 Å². The summed E-state index contributed by atoms with van der Waals surface area (Å²) >= 11 is 0. The molecule has 0 fully saturated rings. The number of amides is 1. The molecule has 1 amide bonds. The van der Waals surface area contributed by atoms with Crippen molar-refractivity contribution in [3.8, 4) is 0 Å². The summed E-state index contributed by atoms with van der Waals surface area (Å²) < 4.78 is 0. The van der Waals surface area contributed by atoms with Gasteiger partial charge in [0.1, 0.15) is 0 Å². The highest BCUT2D eigenvalue weighted by Crippen LogP contribution is 2.20. The Morgan fingerprint density at radius 1 is 1.04 bits per heavy atom. The third-order valence-electron chi connectivity index (χ3n) is 4.67. The van der Waals surface area contributed by atoms with Crippen LogP contribution in [0.5, 0.6) is 0 Å². The summed E-state index contributed by atoms with van der Waals surface area (Å²) in [5, 5.41) is 5.42. The second-order valence-corrected chi connectivity index (χ2v) is 7.23. The Morgan fingerprint density at radius 2 is 1.68 bits per heavy atom. The van der Waals surface area contributed by atoms with E-state index in [1.807, 2.05) is 32.1 Å². The predicted octanol–water partition coefficient (Wildman–Crippen LogP) is 5.21. The molecule has 0 spiro atoms. The van der Waals surface area contributed by atoms with Crippen molar-refractivity contribution >= 4 is 16.7 Å². The number of unbranched alkanes of at least 4 members (excludes halogenated alkanes) is 1. The smallest absolute Gasteiger partial charge is 0.224 e. The van der Waals surface area contributed by atoms with E-state index in [2.05, 4.69) is 48.3 Å². The molecule has 0 aliphatic heterocycles. The van der Waals surface area contributed by atoms with E-state index in [0.717, 1.165) is 43.5 Å². The first-order chi connectivity index (χ1) is 13.5. The molecule has 0 aliphatic rings. The SMILES string of the molecule is C=C(C)/C=C\C(=C/C)NC(=O)CCc1ccc2cc(CCCCN)ccc2c1. The number of carbonyl (C=O) groups is 1. The van der Waals surface area contributed by atoms with Crippen LogP contribution in [0.15, 0.2) is 72.5 Å². The molecule has 0 aliphatic carbocycles. The van der Waals surface area contributed by atoms with Crippen molar-refractivity contribution in [3.63, 3.8) is 0 Å². The van der Waals surface area contributed by atoms with Crippen molar-refractivity contribution in [3.05, 3.63) is 83.6 Å². The second kappa shape index (κ2) is 11.3. The van der Waals surface area contributed by atoms with Gasteiger partial charge in [0.15, 0.2) is 0 Å². The molecule has 0 aromatic heterocycles. The van der Waals surface area contributed by atoms with Gasteiger partial charge in [-0.25, -0.2) is 0 Å². The topological polar surface area (TPSA) is 55.1 Å². The van der Waals surface area contributed by atoms with Crippen molar-refractivity contribution in [1.82, 2.24) is 5.32 Å². The lowest BCUT2D eigenvalue weighted by Gasteiger charge is -2.08. The molecule has 0 heterocycles. The van der Waals surface area contributed by atoms with Gasteiger partial charge < -0.3 is 11.1 Å². The van der Waals surface area contributed by atoms with Crippen LogP contribution in [0.2, 0.25) is 0 Å². The van der Waals surface area contributed by atoms with Gasteiger partial charge in [-0.3, -0.25) is 4.79 Å². The van der Waals surface area contributed by atoms with Crippen molar-refractivity contribution in [2.75, 3.05) is 6.54 Å². The minimum atomic E-state index is 0.0230. The average molecular weight is 377 g/mol. The van der Waals surface area contributed by atoms with Crippen LogP contribution in [-0.4, -0.2) is 12.5 Å². The predicted molar refractivity (Wildman–Crippen MR) is 120 cm³/mol. The Hall–Kier alpha value is -2.65. The number of allylic oxidation sites excluding steroid dienone is 4. The molecule has 3 heteroatoms. The third kappa shape index (κ3) is 7.16. The van der Waals surface area contributed by atoms with Crippen molar-refractivity contribution in [2.24, 2.45) is 5.73 Å². The summed E-state index contributed by atoms with van der Waals surface area (Å²) in [6, 6.07) is 13.1. The zero-order valence-corrected chi connectivity index (χ0v) is 17.1. The Bertz CT molecular complexity index is 877. The molecule has 0 saturated heterocycles. The molecule has 0 saturated carbocycles. The zero-order valence-electron chi connectivity index (χ0n) is 17.1. The Labute approximate surface area is 169 Å². The summed E-state index contributed by atoms with van der Waals surface area (Å²) in [4.78, 5) is 12.2. The lowest BCUT2D eigenvalue weighted by atomic mass is 10.00. The molecule has 3 N–H and O–H groups in total. The van der Waals surface area contributed by atoms with Gasteiger partial charge >= 0.3 is 0 Å². The Balaban J connectivity index is 1.94. The van der Waals surface area contributed by atoms with Gasteiger partial charge in [0.05, 0.1) is 0 Å². The fraction of sp³-hybridized carbons (Fsp3) is 0.320. The van der Waals surface area contributed by atoms with Crippen LogP contribution in [-0.2, 0) is 17.6 Å². The summed E-state index contributed by atoms with van der Waals surface area (Å²) in [6.07, 6.45) is 10.1. The van der Waals surface area contributed by atoms with E-state index in [-0.39, 0.29) is 5.91 Å². The Kier molecular flexibility index (Phi) is 8.70. The van der Waals surface area contributed by atoms with Crippen LogP contribution in [0.1, 0.15) is 44.2 Å². The summed E-state index contributed by atoms with van der Waals surface area (Å²) in [7, 11) is 0. The third-order valence-corrected chi connectivity index (χ3v) is 4.67. The molecule has 3 nitrogen and oxygen atoms in total. The van der Waals surface area contributed by atoms with Crippen molar-refractivity contribution < 1.29 is 4.79 Å². The number of hydrogen-bond donors (Lipinski definition) is 2. The van der Waals surface area contributed by atoms with Gasteiger partial charge in [-0.05, 0) is 74.1 Å². The molecule has 2 aromatic rings. The molecule has 0 atom stereocenters. The lowest BCUT2D eigenvalue weighted by Crippen LogP contribution is -2.22. The van der Waals surface area contributed by atoms with Crippen molar-refractivity contribution in [1.29, 1.82) is 0 Å². The van der Waals surface area contributed by atoms with E-state index < -0.39 is 0 Å². The summed E-state index contributed by atoms with van der Waals surface area (Å²) in [5.41, 5.74) is 9.86. The largest absolute Gasteiger partial charge is 0.330 e. The highest BCUT2D eigenvalue weighted by Gasteiger charge is 2.05. The molecule has 148 valence electrons. The van der Waals surface area contributed by atoms with Crippen LogP contribution in [0.4, 0.5) is 0 Å². The quantitative estimate of drug-likeness (QED) is 0.442. The molecule has 0 bridgehead atoms. The number of nitrogens with one attached hydrogen (secondary N) is 1. The van der Waals surface area contributed by atoms with Gasteiger partial charge in [0.25, 0.3) is 0 Å². The first kappa shape index (κ1) is 21.6. The molecular weight excluding hydrogens is 344 g/mol. The van der Waals surface area contributed by atoms with E-state index >= 15 is 0 Å². The van der Waals surface area contributed by atoms with Gasteiger partial charge in [0.2, 0.25) is 5.91 Å². The Morgan fingerprint density at radius 3 is 2.25 bits per heavy atom. The number of hydrogen-bond acceptors (Lipinski definition) is 2. The molecule has 0 unspecified atom stereocenters. The fourth-order valence-corrected chi connectivity index (χ4v) is 3.05. The zero-order chi connectivity index (χ0) is 20.4. The maximum atomic E-state index is 12.2.